The van der Waals surface area contributed by atoms with Gasteiger partial charge in [0.2, 0.25) is 11.8 Å². The molecule has 0 aromatic carbocycles. The first-order valence-corrected chi connectivity index (χ1v) is 7.92. The molecule has 1 fully saturated rings. The lowest BCUT2D eigenvalue weighted by Crippen LogP contribution is -2.56. The van der Waals surface area contributed by atoms with Gasteiger partial charge in [-0.2, -0.15) is 0 Å². The van der Waals surface area contributed by atoms with E-state index in [1.165, 1.54) is 11.8 Å². The number of aliphatic hydroxyl groups excluding tert-OH is 1. The summed E-state index contributed by atoms with van der Waals surface area (Å²) in [4.78, 5) is 37.2. The lowest BCUT2D eigenvalue weighted by molar-refractivity contribution is -0.146. The van der Waals surface area contributed by atoms with Gasteiger partial charge in [-0.3, -0.25) is 9.59 Å². The van der Waals surface area contributed by atoms with E-state index in [0.717, 1.165) is 0 Å². The molecule has 0 aromatic heterocycles. The largest absolute Gasteiger partial charge is 0.480 e. The average molecular weight is 329 g/mol. The number of amides is 2. The number of rotatable bonds is 7. The van der Waals surface area contributed by atoms with Crippen molar-refractivity contribution >= 4 is 17.8 Å². The van der Waals surface area contributed by atoms with Crippen molar-refractivity contribution in [3.63, 3.8) is 0 Å². The summed E-state index contributed by atoms with van der Waals surface area (Å²) in [5.74, 6) is -1.92. The molecule has 4 atom stereocenters. The molecule has 0 saturated carbocycles. The van der Waals surface area contributed by atoms with Crippen LogP contribution in [0.25, 0.3) is 0 Å². The van der Waals surface area contributed by atoms with Gasteiger partial charge in [-0.15, -0.1) is 0 Å². The van der Waals surface area contributed by atoms with Crippen LogP contribution in [-0.2, 0) is 14.4 Å². The van der Waals surface area contributed by atoms with Gasteiger partial charge in [-0.25, -0.2) is 4.79 Å². The summed E-state index contributed by atoms with van der Waals surface area (Å²) >= 11 is 0. The number of nitrogens with one attached hydrogen (secondary N) is 1. The highest BCUT2D eigenvalue weighted by molar-refractivity contribution is 5.92. The van der Waals surface area contributed by atoms with Crippen molar-refractivity contribution in [3.05, 3.63) is 0 Å². The highest BCUT2D eigenvalue weighted by Crippen LogP contribution is 2.20. The molecule has 1 heterocycles. The van der Waals surface area contributed by atoms with Gasteiger partial charge >= 0.3 is 5.97 Å². The van der Waals surface area contributed by atoms with Crippen LogP contribution in [0.5, 0.6) is 0 Å². The second-order valence-electron chi connectivity index (χ2n) is 6.49. The molecule has 2 amide bonds. The van der Waals surface area contributed by atoms with Gasteiger partial charge in [0, 0.05) is 6.54 Å². The standard InChI is InChI=1S/C15H27N3O5/c1-8(2)7-10(16)14(21)18-6-4-5-11(18)13(20)17-12(9(3)19)15(22)23/h8-12,19H,4-7,16H2,1-3H3,(H,17,20)(H,22,23)/t9-,10+,11+,12+/m1/s1. The molecule has 0 spiro atoms. The van der Waals surface area contributed by atoms with Gasteiger partial charge in [-0.05, 0) is 32.1 Å². The zero-order valence-corrected chi connectivity index (χ0v) is 13.9. The number of aliphatic hydroxyl groups is 1. The third kappa shape index (κ3) is 5.18. The van der Waals surface area contributed by atoms with Crippen molar-refractivity contribution in [2.75, 3.05) is 6.54 Å². The SMILES string of the molecule is CC(C)C[C@H](N)C(=O)N1CCC[C@H]1C(=O)N[C@H](C(=O)O)[C@@H](C)O. The van der Waals surface area contributed by atoms with Crippen molar-refractivity contribution in [1.82, 2.24) is 10.2 Å². The molecule has 8 nitrogen and oxygen atoms in total. The van der Waals surface area contributed by atoms with Crippen molar-refractivity contribution in [1.29, 1.82) is 0 Å². The minimum absolute atomic E-state index is 0.260. The fourth-order valence-corrected chi connectivity index (χ4v) is 2.76. The van der Waals surface area contributed by atoms with E-state index >= 15 is 0 Å². The number of carbonyl (C=O) groups is 3. The van der Waals surface area contributed by atoms with E-state index in [1.54, 1.807) is 0 Å². The Hall–Kier alpha value is -1.67. The Kier molecular flexibility index (Phi) is 6.96. The Labute approximate surface area is 136 Å². The van der Waals surface area contributed by atoms with Crippen LogP contribution in [0.15, 0.2) is 0 Å². The number of carboxylic acids is 1. The van der Waals surface area contributed by atoms with E-state index < -0.39 is 36.1 Å². The molecule has 0 radical (unpaired) electrons. The number of aliphatic carboxylic acids is 1. The number of hydrogen-bond acceptors (Lipinski definition) is 5. The molecule has 23 heavy (non-hydrogen) atoms. The smallest absolute Gasteiger partial charge is 0.328 e. The van der Waals surface area contributed by atoms with Gasteiger partial charge in [0.25, 0.3) is 0 Å². The highest BCUT2D eigenvalue weighted by atomic mass is 16.4. The maximum Gasteiger partial charge on any atom is 0.328 e. The fourth-order valence-electron chi connectivity index (χ4n) is 2.76. The van der Waals surface area contributed by atoms with Crippen LogP contribution in [0.1, 0.15) is 40.0 Å². The average Bonchev–Trinajstić information content (AvgIpc) is 2.91. The third-order valence-electron chi connectivity index (χ3n) is 3.93. The Morgan fingerprint density at radius 2 is 1.91 bits per heavy atom. The summed E-state index contributed by atoms with van der Waals surface area (Å²) in [5, 5.41) is 20.8. The normalized spacial score (nSPS) is 21.8. The maximum absolute atomic E-state index is 12.4. The summed E-state index contributed by atoms with van der Waals surface area (Å²) in [5.41, 5.74) is 5.90. The first kappa shape index (κ1) is 19.4. The summed E-state index contributed by atoms with van der Waals surface area (Å²) in [6.45, 7) is 5.63. The minimum atomic E-state index is -1.40. The molecular weight excluding hydrogens is 302 g/mol. The molecule has 0 aromatic rings. The monoisotopic (exact) mass is 329 g/mol. The van der Waals surface area contributed by atoms with Gasteiger partial charge in [-0.1, -0.05) is 13.8 Å². The summed E-state index contributed by atoms with van der Waals surface area (Å²) in [6.07, 6.45) is 0.405. The predicted molar refractivity (Wildman–Crippen MR) is 83.4 cm³/mol. The number of nitrogens with two attached hydrogens (primary N) is 1. The first-order chi connectivity index (χ1) is 10.6. The van der Waals surface area contributed by atoms with E-state index in [2.05, 4.69) is 5.32 Å². The number of nitrogens with zero attached hydrogens (tertiary/aromatic N) is 1. The first-order valence-electron chi connectivity index (χ1n) is 7.92. The number of hydrogen-bond donors (Lipinski definition) is 4. The maximum atomic E-state index is 12.4. The van der Waals surface area contributed by atoms with Gasteiger partial charge in [0.1, 0.15) is 6.04 Å². The summed E-state index contributed by atoms with van der Waals surface area (Å²) in [6, 6.07) is -2.80. The Morgan fingerprint density at radius 3 is 2.39 bits per heavy atom. The predicted octanol–water partition coefficient (Wildman–Crippen LogP) is -0.699. The van der Waals surface area contributed by atoms with Crippen LogP contribution in [0.3, 0.4) is 0 Å². The molecule has 8 heteroatoms. The molecule has 1 aliphatic rings. The van der Waals surface area contributed by atoms with Crippen molar-refractivity contribution in [3.8, 4) is 0 Å². The van der Waals surface area contributed by atoms with Crippen LogP contribution in [0.2, 0.25) is 0 Å². The Morgan fingerprint density at radius 1 is 1.30 bits per heavy atom. The molecule has 1 saturated heterocycles. The molecule has 0 aliphatic carbocycles. The second-order valence-corrected chi connectivity index (χ2v) is 6.49. The quantitative estimate of drug-likeness (QED) is 0.488. The van der Waals surface area contributed by atoms with Gasteiger partial charge < -0.3 is 26.2 Å². The zero-order chi connectivity index (χ0) is 17.7. The molecule has 1 aliphatic heterocycles. The highest BCUT2D eigenvalue weighted by Gasteiger charge is 2.38. The van der Waals surface area contributed by atoms with E-state index in [-0.39, 0.29) is 11.8 Å². The van der Waals surface area contributed by atoms with Crippen LogP contribution >= 0.6 is 0 Å². The topological polar surface area (TPSA) is 133 Å². The minimum Gasteiger partial charge on any atom is -0.480 e. The van der Waals surface area contributed by atoms with Crippen LogP contribution in [-0.4, -0.2) is 63.7 Å². The number of likely N-dealkylation sites (tertiary alicyclic amines) is 1. The molecule has 0 unspecified atom stereocenters. The van der Waals surface area contributed by atoms with E-state index in [1.807, 2.05) is 13.8 Å². The summed E-state index contributed by atoms with van der Waals surface area (Å²) < 4.78 is 0. The van der Waals surface area contributed by atoms with Crippen LogP contribution in [0, 0.1) is 5.92 Å². The van der Waals surface area contributed by atoms with Crippen LogP contribution < -0.4 is 11.1 Å². The molecule has 5 N–H and O–H groups in total. The number of carboxylic acid groups (broad SMARTS) is 1. The van der Waals surface area contributed by atoms with Crippen LogP contribution in [0.4, 0.5) is 0 Å². The Bertz CT molecular complexity index is 452. The molecule has 0 bridgehead atoms. The van der Waals surface area contributed by atoms with Crippen molar-refractivity contribution in [2.24, 2.45) is 11.7 Å². The molecule has 1 rings (SSSR count). The molecule has 132 valence electrons. The van der Waals surface area contributed by atoms with Gasteiger partial charge in [0.15, 0.2) is 6.04 Å². The summed E-state index contributed by atoms with van der Waals surface area (Å²) in [7, 11) is 0. The second kappa shape index (κ2) is 8.26. The van der Waals surface area contributed by atoms with E-state index in [4.69, 9.17) is 10.8 Å². The lowest BCUT2D eigenvalue weighted by Gasteiger charge is -2.28. The van der Waals surface area contributed by atoms with Crippen molar-refractivity contribution < 1.29 is 24.6 Å². The van der Waals surface area contributed by atoms with Crippen molar-refractivity contribution in [2.45, 2.75) is 64.3 Å². The Balaban J connectivity index is 2.76. The third-order valence-corrected chi connectivity index (χ3v) is 3.93. The van der Waals surface area contributed by atoms with E-state index in [0.29, 0.717) is 25.8 Å². The lowest BCUT2D eigenvalue weighted by atomic mass is 10.0. The zero-order valence-electron chi connectivity index (χ0n) is 13.9. The van der Waals surface area contributed by atoms with E-state index in [9.17, 15) is 19.5 Å². The number of carbonyl (C=O) groups excluding carboxylic acids is 2. The fraction of sp³-hybridized carbons (Fsp3) is 0.800. The molecular formula is C15H27N3O5. The van der Waals surface area contributed by atoms with Gasteiger partial charge in [0.05, 0.1) is 12.1 Å².